The monoisotopic (exact) mass is 246 g/mol. The van der Waals surface area contributed by atoms with Crippen molar-refractivity contribution in [3.63, 3.8) is 0 Å². The van der Waals surface area contributed by atoms with Crippen LogP contribution in [-0.2, 0) is 0 Å². The second-order valence-corrected chi connectivity index (χ2v) is 5.51. The van der Waals surface area contributed by atoms with Gasteiger partial charge in [-0.2, -0.15) is 0 Å². The van der Waals surface area contributed by atoms with Crippen LogP contribution in [0, 0.1) is 5.92 Å². The van der Waals surface area contributed by atoms with Crippen molar-refractivity contribution in [3.8, 4) is 0 Å². The van der Waals surface area contributed by atoms with Crippen LogP contribution < -0.4 is 10.2 Å². The van der Waals surface area contributed by atoms with Gasteiger partial charge in [-0.3, -0.25) is 0 Å². The van der Waals surface area contributed by atoms with Gasteiger partial charge in [0.25, 0.3) is 0 Å². The molecule has 0 aromatic heterocycles. The predicted octanol–water partition coefficient (Wildman–Crippen LogP) is 3.29. The lowest BCUT2D eigenvalue weighted by atomic mass is 9.94. The van der Waals surface area contributed by atoms with Gasteiger partial charge in [-0.1, -0.05) is 37.5 Å². The average molecular weight is 246 g/mol. The summed E-state index contributed by atoms with van der Waals surface area (Å²) in [4.78, 5) is 2.40. The summed E-state index contributed by atoms with van der Waals surface area (Å²) in [6, 6.07) is 11.4. The van der Waals surface area contributed by atoms with E-state index in [9.17, 15) is 0 Å². The highest BCUT2D eigenvalue weighted by Crippen LogP contribution is 2.25. The highest BCUT2D eigenvalue weighted by Gasteiger charge is 2.23. The van der Waals surface area contributed by atoms with E-state index >= 15 is 0 Å². The fourth-order valence-corrected chi connectivity index (χ4v) is 3.12. The molecule has 0 aliphatic heterocycles. The van der Waals surface area contributed by atoms with Gasteiger partial charge < -0.3 is 10.2 Å². The van der Waals surface area contributed by atoms with Gasteiger partial charge in [0.2, 0.25) is 0 Å². The Balaban J connectivity index is 1.98. The lowest BCUT2D eigenvalue weighted by Crippen LogP contribution is -2.39. The Bertz CT molecular complexity index is 336. The molecule has 2 heteroatoms. The van der Waals surface area contributed by atoms with Gasteiger partial charge >= 0.3 is 0 Å². The van der Waals surface area contributed by atoms with Crippen LogP contribution in [0.4, 0.5) is 5.69 Å². The first kappa shape index (κ1) is 13.4. The van der Waals surface area contributed by atoms with Crippen LogP contribution in [0.3, 0.4) is 0 Å². The summed E-state index contributed by atoms with van der Waals surface area (Å²) in [5, 5.41) is 3.52. The Hall–Kier alpha value is -1.02. The number of nitrogens with one attached hydrogen (secondary N) is 1. The van der Waals surface area contributed by atoms with Gasteiger partial charge in [0.1, 0.15) is 0 Å². The van der Waals surface area contributed by atoms with Crippen molar-refractivity contribution in [1.82, 2.24) is 5.32 Å². The van der Waals surface area contributed by atoms with E-state index in [1.165, 1.54) is 37.8 Å². The van der Waals surface area contributed by atoms with Crippen LogP contribution in [-0.4, -0.2) is 26.7 Å². The van der Waals surface area contributed by atoms with E-state index in [1.54, 1.807) is 0 Å². The molecule has 1 saturated carbocycles. The summed E-state index contributed by atoms with van der Waals surface area (Å²) >= 11 is 0. The molecule has 1 aromatic rings. The summed E-state index contributed by atoms with van der Waals surface area (Å²) in [5.74, 6) is 0.780. The molecule has 2 rings (SSSR count). The summed E-state index contributed by atoms with van der Waals surface area (Å²) in [7, 11) is 4.33. The van der Waals surface area contributed by atoms with Crippen molar-refractivity contribution in [2.45, 2.75) is 38.1 Å². The van der Waals surface area contributed by atoms with Crippen molar-refractivity contribution >= 4 is 5.69 Å². The Labute approximate surface area is 111 Å². The number of rotatable bonds is 4. The standard InChI is InChI=1S/C16H26N2/c1-17-16-12-8-3-5-9-14(16)13-18(2)15-10-6-4-7-11-15/h4,6-7,10-11,14,16-17H,3,5,8-9,12-13H2,1-2H3. The molecule has 100 valence electrons. The minimum absolute atomic E-state index is 0.693. The molecule has 1 aliphatic rings. The number of para-hydroxylation sites is 1. The van der Waals surface area contributed by atoms with Gasteiger partial charge in [0.15, 0.2) is 0 Å². The van der Waals surface area contributed by atoms with Crippen molar-refractivity contribution in [3.05, 3.63) is 30.3 Å². The van der Waals surface area contributed by atoms with Crippen molar-refractivity contribution in [1.29, 1.82) is 0 Å². The molecule has 2 unspecified atom stereocenters. The smallest absolute Gasteiger partial charge is 0.0363 e. The van der Waals surface area contributed by atoms with Gasteiger partial charge in [0.05, 0.1) is 0 Å². The molecule has 0 bridgehead atoms. The number of nitrogens with zero attached hydrogens (tertiary/aromatic N) is 1. The zero-order valence-corrected chi connectivity index (χ0v) is 11.7. The first-order valence-corrected chi connectivity index (χ1v) is 7.24. The highest BCUT2D eigenvalue weighted by molar-refractivity contribution is 5.45. The summed E-state index contributed by atoms with van der Waals surface area (Å²) in [6.07, 6.45) is 6.89. The Kier molecular flexibility index (Phi) is 5.06. The van der Waals surface area contributed by atoms with Crippen LogP contribution in [0.2, 0.25) is 0 Å². The summed E-state index contributed by atoms with van der Waals surface area (Å²) < 4.78 is 0. The second kappa shape index (κ2) is 6.79. The molecular formula is C16H26N2. The van der Waals surface area contributed by atoms with E-state index in [0.717, 1.165) is 12.5 Å². The lowest BCUT2D eigenvalue weighted by Gasteiger charge is -2.30. The topological polar surface area (TPSA) is 15.3 Å². The Morgan fingerprint density at radius 1 is 1.11 bits per heavy atom. The normalized spacial score (nSPS) is 24.6. The van der Waals surface area contributed by atoms with Gasteiger partial charge in [0, 0.05) is 25.3 Å². The van der Waals surface area contributed by atoms with E-state index in [4.69, 9.17) is 0 Å². The Morgan fingerprint density at radius 3 is 2.56 bits per heavy atom. The van der Waals surface area contributed by atoms with Crippen molar-refractivity contribution in [2.24, 2.45) is 5.92 Å². The molecule has 1 N–H and O–H groups in total. The first-order chi connectivity index (χ1) is 8.81. The van der Waals surface area contributed by atoms with E-state index in [-0.39, 0.29) is 0 Å². The maximum absolute atomic E-state index is 3.52. The summed E-state index contributed by atoms with van der Waals surface area (Å²) in [6.45, 7) is 1.16. The number of hydrogen-bond donors (Lipinski definition) is 1. The van der Waals surface area contributed by atoms with Crippen molar-refractivity contribution < 1.29 is 0 Å². The van der Waals surface area contributed by atoms with Crippen LogP contribution in [0.15, 0.2) is 30.3 Å². The average Bonchev–Trinajstić information content (AvgIpc) is 2.64. The SMILES string of the molecule is CNC1CCCCCC1CN(C)c1ccccc1. The molecule has 1 fully saturated rings. The van der Waals surface area contributed by atoms with Crippen molar-refractivity contribution in [2.75, 3.05) is 25.5 Å². The van der Waals surface area contributed by atoms with E-state index < -0.39 is 0 Å². The minimum atomic E-state index is 0.693. The molecule has 2 nitrogen and oxygen atoms in total. The Morgan fingerprint density at radius 2 is 1.83 bits per heavy atom. The van der Waals surface area contributed by atoms with Gasteiger partial charge in [-0.15, -0.1) is 0 Å². The van der Waals surface area contributed by atoms with Gasteiger partial charge in [-0.25, -0.2) is 0 Å². The third-order valence-corrected chi connectivity index (χ3v) is 4.24. The summed E-state index contributed by atoms with van der Waals surface area (Å²) in [5.41, 5.74) is 1.33. The predicted molar refractivity (Wildman–Crippen MR) is 79.1 cm³/mol. The highest BCUT2D eigenvalue weighted by atomic mass is 15.1. The third kappa shape index (κ3) is 3.49. The molecule has 18 heavy (non-hydrogen) atoms. The molecule has 0 amide bonds. The van der Waals surface area contributed by atoms with Crippen LogP contribution >= 0.6 is 0 Å². The maximum Gasteiger partial charge on any atom is 0.0363 e. The minimum Gasteiger partial charge on any atom is -0.374 e. The van der Waals surface area contributed by atoms with Crippen LogP contribution in [0.5, 0.6) is 0 Å². The third-order valence-electron chi connectivity index (χ3n) is 4.24. The second-order valence-electron chi connectivity index (χ2n) is 5.51. The number of hydrogen-bond acceptors (Lipinski definition) is 2. The van der Waals surface area contributed by atoms with Gasteiger partial charge in [-0.05, 0) is 37.9 Å². The molecule has 0 spiro atoms. The fourth-order valence-electron chi connectivity index (χ4n) is 3.12. The van der Waals surface area contributed by atoms with E-state index in [0.29, 0.717) is 6.04 Å². The zero-order chi connectivity index (χ0) is 12.8. The van der Waals surface area contributed by atoms with E-state index in [1.807, 2.05) is 0 Å². The molecule has 0 radical (unpaired) electrons. The molecule has 1 aromatic carbocycles. The quantitative estimate of drug-likeness (QED) is 0.820. The van der Waals surface area contributed by atoms with Crippen LogP contribution in [0.25, 0.3) is 0 Å². The number of benzene rings is 1. The molecular weight excluding hydrogens is 220 g/mol. The van der Waals surface area contributed by atoms with Crippen LogP contribution in [0.1, 0.15) is 32.1 Å². The molecule has 0 heterocycles. The maximum atomic E-state index is 3.52. The first-order valence-electron chi connectivity index (χ1n) is 7.24. The zero-order valence-electron chi connectivity index (χ0n) is 11.7. The largest absolute Gasteiger partial charge is 0.374 e. The fraction of sp³-hybridized carbons (Fsp3) is 0.625. The van der Waals surface area contributed by atoms with E-state index in [2.05, 4.69) is 54.6 Å². The molecule has 1 aliphatic carbocycles. The molecule has 2 atom stereocenters. The lowest BCUT2D eigenvalue weighted by molar-refractivity contribution is 0.356. The molecule has 0 saturated heterocycles. The number of anilines is 1.